The minimum absolute atomic E-state index is 0. The predicted molar refractivity (Wildman–Crippen MR) is 78.1 cm³/mol. The van der Waals surface area contributed by atoms with Gasteiger partial charge >= 0.3 is 0 Å². The summed E-state index contributed by atoms with van der Waals surface area (Å²) in [4.78, 5) is 6.65. The van der Waals surface area contributed by atoms with Crippen LogP contribution in [0.3, 0.4) is 0 Å². The van der Waals surface area contributed by atoms with E-state index in [9.17, 15) is 0 Å². The molecule has 0 amide bonds. The van der Waals surface area contributed by atoms with Gasteiger partial charge in [-0.2, -0.15) is 0 Å². The van der Waals surface area contributed by atoms with Crippen molar-refractivity contribution in [2.24, 2.45) is 5.92 Å². The molecule has 1 saturated heterocycles. The van der Waals surface area contributed by atoms with Crippen LogP contribution in [0.5, 0.6) is 0 Å². The fraction of sp³-hybridized carbons (Fsp3) is 0.643. The average Bonchev–Trinajstić information content (AvgIpc) is 2.40. The van der Waals surface area contributed by atoms with Crippen LogP contribution in [0.2, 0.25) is 0 Å². The number of rotatable bonds is 4. The predicted octanol–water partition coefficient (Wildman–Crippen LogP) is 2.50. The molecule has 102 valence electrons. The normalized spacial score (nSPS) is 18.4. The van der Waals surface area contributed by atoms with Crippen molar-refractivity contribution in [3.63, 3.8) is 0 Å². The number of piperidine rings is 1. The SMILES string of the molecule is CC(c1cccnc1)N(C)CC1CCNCC1.Cl. The third kappa shape index (κ3) is 4.23. The molecule has 1 aliphatic heterocycles. The molecule has 1 aromatic heterocycles. The Hall–Kier alpha value is -0.640. The molecule has 18 heavy (non-hydrogen) atoms. The Balaban J connectivity index is 0.00000162. The zero-order chi connectivity index (χ0) is 12.1. The number of nitrogens with zero attached hydrogens (tertiary/aromatic N) is 2. The molecular formula is C14H24ClN3. The molecule has 2 rings (SSSR count). The Kier molecular flexibility index (Phi) is 6.61. The van der Waals surface area contributed by atoms with Gasteiger partial charge in [0, 0.05) is 25.0 Å². The first-order chi connectivity index (χ1) is 8.27. The lowest BCUT2D eigenvalue weighted by atomic mass is 9.96. The third-order valence-corrected chi connectivity index (χ3v) is 3.83. The second-order valence-corrected chi connectivity index (χ2v) is 5.10. The van der Waals surface area contributed by atoms with E-state index in [1.165, 1.54) is 38.0 Å². The van der Waals surface area contributed by atoms with E-state index in [0.29, 0.717) is 6.04 Å². The van der Waals surface area contributed by atoms with Gasteiger partial charge in [0.25, 0.3) is 0 Å². The van der Waals surface area contributed by atoms with Gasteiger partial charge in [0.1, 0.15) is 0 Å². The molecule has 1 N–H and O–H groups in total. The molecule has 0 radical (unpaired) electrons. The highest BCUT2D eigenvalue weighted by atomic mass is 35.5. The molecule has 0 saturated carbocycles. The average molecular weight is 270 g/mol. The van der Waals surface area contributed by atoms with Crippen LogP contribution >= 0.6 is 12.4 Å². The van der Waals surface area contributed by atoms with Crippen LogP contribution in [0, 0.1) is 5.92 Å². The molecule has 1 fully saturated rings. The highest BCUT2D eigenvalue weighted by molar-refractivity contribution is 5.85. The van der Waals surface area contributed by atoms with E-state index in [4.69, 9.17) is 0 Å². The molecule has 3 nitrogen and oxygen atoms in total. The molecule has 0 aromatic carbocycles. The first-order valence-corrected chi connectivity index (χ1v) is 6.58. The Morgan fingerprint density at radius 2 is 2.17 bits per heavy atom. The summed E-state index contributed by atoms with van der Waals surface area (Å²) < 4.78 is 0. The number of hydrogen-bond acceptors (Lipinski definition) is 3. The molecule has 0 spiro atoms. The van der Waals surface area contributed by atoms with Crippen LogP contribution in [-0.4, -0.2) is 36.6 Å². The van der Waals surface area contributed by atoms with Crippen molar-refractivity contribution >= 4 is 12.4 Å². The summed E-state index contributed by atoms with van der Waals surface area (Å²) in [6, 6.07) is 4.64. The quantitative estimate of drug-likeness (QED) is 0.910. The highest BCUT2D eigenvalue weighted by Crippen LogP contribution is 2.21. The maximum Gasteiger partial charge on any atom is 0.0332 e. The topological polar surface area (TPSA) is 28.2 Å². The summed E-state index contributed by atoms with van der Waals surface area (Å²) in [5, 5.41) is 3.42. The van der Waals surface area contributed by atoms with Gasteiger partial charge in [-0.1, -0.05) is 6.07 Å². The van der Waals surface area contributed by atoms with E-state index >= 15 is 0 Å². The van der Waals surface area contributed by atoms with E-state index in [1.807, 2.05) is 18.5 Å². The third-order valence-electron chi connectivity index (χ3n) is 3.83. The van der Waals surface area contributed by atoms with Crippen molar-refractivity contribution < 1.29 is 0 Å². The van der Waals surface area contributed by atoms with Crippen LogP contribution in [0.15, 0.2) is 24.5 Å². The van der Waals surface area contributed by atoms with E-state index in [2.05, 4.69) is 35.2 Å². The number of halogens is 1. The number of pyridine rings is 1. The van der Waals surface area contributed by atoms with Crippen molar-refractivity contribution in [1.82, 2.24) is 15.2 Å². The molecule has 0 aliphatic carbocycles. The first-order valence-electron chi connectivity index (χ1n) is 6.58. The lowest BCUT2D eigenvalue weighted by Gasteiger charge is -2.31. The van der Waals surface area contributed by atoms with Crippen molar-refractivity contribution in [2.75, 3.05) is 26.7 Å². The lowest BCUT2D eigenvalue weighted by Crippen LogP contribution is -2.35. The fourth-order valence-corrected chi connectivity index (χ4v) is 2.51. The number of hydrogen-bond donors (Lipinski definition) is 1. The van der Waals surface area contributed by atoms with E-state index in [-0.39, 0.29) is 12.4 Å². The van der Waals surface area contributed by atoms with E-state index in [1.54, 1.807) is 0 Å². The Bertz CT molecular complexity index is 325. The summed E-state index contributed by atoms with van der Waals surface area (Å²) >= 11 is 0. The van der Waals surface area contributed by atoms with Crippen molar-refractivity contribution in [2.45, 2.75) is 25.8 Å². The first kappa shape index (κ1) is 15.4. The summed E-state index contributed by atoms with van der Waals surface area (Å²) in [6.45, 7) is 5.81. The van der Waals surface area contributed by atoms with Crippen LogP contribution in [-0.2, 0) is 0 Å². The number of aromatic nitrogens is 1. The van der Waals surface area contributed by atoms with E-state index < -0.39 is 0 Å². The zero-order valence-electron chi connectivity index (χ0n) is 11.3. The summed E-state index contributed by atoms with van der Waals surface area (Å²) in [7, 11) is 2.22. The highest BCUT2D eigenvalue weighted by Gasteiger charge is 2.18. The van der Waals surface area contributed by atoms with Gasteiger partial charge in [0.2, 0.25) is 0 Å². The van der Waals surface area contributed by atoms with Crippen LogP contribution in [0.4, 0.5) is 0 Å². The number of nitrogens with one attached hydrogen (secondary N) is 1. The minimum Gasteiger partial charge on any atom is -0.317 e. The van der Waals surface area contributed by atoms with Crippen molar-refractivity contribution in [3.05, 3.63) is 30.1 Å². The molecule has 4 heteroatoms. The smallest absolute Gasteiger partial charge is 0.0332 e. The molecule has 1 aromatic rings. The van der Waals surface area contributed by atoms with Gasteiger partial charge in [-0.05, 0) is 57.5 Å². The minimum atomic E-state index is 0. The molecule has 0 bridgehead atoms. The fourth-order valence-electron chi connectivity index (χ4n) is 2.51. The molecule has 1 atom stereocenters. The summed E-state index contributed by atoms with van der Waals surface area (Å²) in [6.07, 6.45) is 6.43. The van der Waals surface area contributed by atoms with Crippen molar-refractivity contribution in [3.8, 4) is 0 Å². The molecule has 1 unspecified atom stereocenters. The van der Waals surface area contributed by atoms with Gasteiger partial charge < -0.3 is 5.32 Å². The Labute approximate surface area is 116 Å². The second kappa shape index (κ2) is 7.72. The summed E-state index contributed by atoms with van der Waals surface area (Å²) in [5.41, 5.74) is 1.31. The van der Waals surface area contributed by atoms with Gasteiger partial charge in [0.05, 0.1) is 0 Å². The van der Waals surface area contributed by atoms with Crippen LogP contribution in [0.1, 0.15) is 31.4 Å². The standard InChI is InChI=1S/C14H23N3.ClH/c1-12(14-4-3-7-16-10-14)17(2)11-13-5-8-15-9-6-13;/h3-4,7,10,12-13,15H,5-6,8-9,11H2,1-2H3;1H. The van der Waals surface area contributed by atoms with Crippen molar-refractivity contribution in [1.29, 1.82) is 0 Å². The van der Waals surface area contributed by atoms with Gasteiger partial charge in [0.15, 0.2) is 0 Å². The molecule has 2 heterocycles. The lowest BCUT2D eigenvalue weighted by molar-refractivity contribution is 0.196. The van der Waals surface area contributed by atoms with Gasteiger partial charge in [-0.15, -0.1) is 12.4 Å². The maximum absolute atomic E-state index is 4.20. The second-order valence-electron chi connectivity index (χ2n) is 5.10. The van der Waals surface area contributed by atoms with Gasteiger partial charge in [-0.25, -0.2) is 0 Å². The molecular weight excluding hydrogens is 246 g/mol. The Morgan fingerprint density at radius 3 is 2.78 bits per heavy atom. The summed E-state index contributed by atoms with van der Waals surface area (Å²) in [5.74, 6) is 0.848. The maximum atomic E-state index is 4.20. The monoisotopic (exact) mass is 269 g/mol. The van der Waals surface area contributed by atoms with Gasteiger partial charge in [-0.3, -0.25) is 9.88 Å². The van der Waals surface area contributed by atoms with Crippen LogP contribution < -0.4 is 5.32 Å². The largest absolute Gasteiger partial charge is 0.317 e. The Morgan fingerprint density at radius 1 is 1.44 bits per heavy atom. The van der Waals surface area contributed by atoms with E-state index in [0.717, 1.165) is 5.92 Å². The molecule has 1 aliphatic rings. The zero-order valence-corrected chi connectivity index (χ0v) is 12.1. The van der Waals surface area contributed by atoms with Crippen LogP contribution in [0.25, 0.3) is 0 Å².